The van der Waals surface area contributed by atoms with Crippen LogP contribution in [0.1, 0.15) is 18.1 Å². The highest BCUT2D eigenvalue weighted by atomic mass is 32.2. The van der Waals surface area contributed by atoms with Gasteiger partial charge in [-0.25, -0.2) is 0 Å². The Balaban J connectivity index is 1.64. The Morgan fingerprint density at radius 1 is 1.12 bits per heavy atom. The quantitative estimate of drug-likeness (QED) is 0.735. The molecule has 1 heterocycles. The first kappa shape index (κ1) is 17.7. The Kier molecular flexibility index (Phi) is 5.87. The molecule has 0 aromatic heterocycles. The largest absolute Gasteiger partial charge is 0.486 e. The van der Waals surface area contributed by atoms with Crippen molar-refractivity contribution in [2.75, 3.05) is 25.5 Å². The second kappa shape index (κ2) is 8.30. The number of hydrogen-bond donors (Lipinski definition) is 0. The number of para-hydroxylation sites is 1. The zero-order valence-electron chi connectivity index (χ0n) is 14.7. The smallest absolute Gasteiger partial charge is 0.233 e. The molecule has 132 valence electrons. The zero-order valence-corrected chi connectivity index (χ0v) is 15.5. The molecule has 0 fully saturated rings. The molecule has 5 heteroatoms. The third-order valence-corrected chi connectivity index (χ3v) is 5.12. The highest BCUT2D eigenvalue weighted by Crippen LogP contribution is 2.34. The van der Waals surface area contributed by atoms with E-state index >= 15 is 0 Å². The number of carbonyl (C=O) groups excluding carboxylic acids is 1. The van der Waals surface area contributed by atoms with Crippen molar-refractivity contribution in [3.05, 3.63) is 53.6 Å². The number of carbonyl (C=O) groups is 1. The van der Waals surface area contributed by atoms with Crippen LogP contribution >= 0.6 is 11.8 Å². The Bertz CT molecular complexity index is 730. The fourth-order valence-electron chi connectivity index (χ4n) is 2.71. The minimum atomic E-state index is 0.127. The third-order valence-electron chi connectivity index (χ3n) is 4.13. The number of benzene rings is 2. The maximum absolute atomic E-state index is 12.6. The van der Waals surface area contributed by atoms with Gasteiger partial charge in [0.2, 0.25) is 5.91 Å². The van der Waals surface area contributed by atoms with E-state index in [4.69, 9.17) is 9.47 Å². The summed E-state index contributed by atoms with van der Waals surface area (Å²) in [6.45, 7) is 6.38. The SMILES string of the molecule is CCN(Cc1cccc2c1OCCO2)C(=O)CSc1ccc(C)cc1. The normalized spacial score (nSPS) is 12.7. The summed E-state index contributed by atoms with van der Waals surface area (Å²) in [4.78, 5) is 15.6. The lowest BCUT2D eigenvalue weighted by atomic mass is 10.1. The molecule has 0 N–H and O–H groups in total. The molecule has 0 unspecified atom stereocenters. The summed E-state index contributed by atoms with van der Waals surface area (Å²) in [5.41, 5.74) is 2.22. The van der Waals surface area contributed by atoms with Gasteiger partial charge in [0.1, 0.15) is 13.2 Å². The summed E-state index contributed by atoms with van der Waals surface area (Å²) >= 11 is 1.57. The average Bonchev–Trinajstić information content (AvgIpc) is 2.65. The summed E-state index contributed by atoms with van der Waals surface area (Å²) in [7, 11) is 0. The summed E-state index contributed by atoms with van der Waals surface area (Å²) in [5, 5.41) is 0. The Labute approximate surface area is 153 Å². The first-order valence-electron chi connectivity index (χ1n) is 8.52. The molecule has 2 aromatic rings. The topological polar surface area (TPSA) is 38.8 Å². The fraction of sp³-hybridized carbons (Fsp3) is 0.350. The molecule has 1 aliphatic heterocycles. The molecule has 3 rings (SSSR count). The van der Waals surface area contributed by atoms with Crippen LogP contribution in [0.15, 0.2) is 47.4 Å². The second-order valence-corrected chi connectivity index (χ2v) is 7.00. The van der Waals surface area contributed by atoms with Crippen LogP contribution < -0.4 is 9.47 Å². The Morgan fingerprint density at radius 3 is 2.64 bits per heavy atom. The molecule has 1 amide bonds. The highest BCUT2D eigenvalue weighted by Gasteiger charge is 2.19. The monoisotopic (exact) mass is 357 g/mol. The van der Waals surface area contributed by atoms with Crippen molar-refractivity contribution < 1.29 is 14.3 Å². The van der Waals surface area contributed by atoms with E-state index < -0.39 is 0 Å². The van der Waals surface area contributed by atoms with E-state index in [0.29, 0.717) is 32.1 Å². The van der Waals surface area contributed by atoms with Crippen LogP contribution in [0.4, 0.5) is 0 Å². The molecule has 0 saturated heterocycles. The first-order chi connectivity index (χ1) is 12.2. The maximum Gasteiger partial charge on any atom is 0.233 e. The number of thioether (sulfide) groups is 1. The van der Waals surface area contributed by atoms with Crippen molar-refractivity contribution >= 4 is 17.7 Å². The summed E-state index contributed by atoms with van der Waals surface area (Å²) in [6, 6.07) is 14.1. The number of amides is 1. The Hall–Kier alpha value is -2.14. The van der Waals surface area contributed by atoms with Crippen molar-refractivity contribution in [3.63, 3.8) is 0 Å². The van der Waals surface area contributed by atoms with Gasteiger partial charge < -0.3 is 14.4 Å². The van der Waals surface area contributed by atoms with Gasteiger partial charge in [0.25, 0.3) is 0 Å². The molecule has 25 heavy (non-hydrogen) atoms. The van der Waals surface area contributed by atoms with E-state index in [9.17, 15) is 4.79 Å². The van der Waals surface area contributed by atoms with Gasteiger partial charge in [0.15, 0.2) is 11.5 Å². The van der Waals surface area contributed by atoms with E-state index in [1.165, 1.54) is 5.56 Å². The van der Waals surface area contributed by atoms with Gasteiger partial charge in [-0.2, -0.15) is 0 Å². The number of nitrogens with zero attached hydrogens (tertiary/aromatic N) is 1. The Morgan fingerprint density at radius 2 is 1.88 bits per heavy atom. The molecule has 0 aliphatic carbocycles. The minimum absolute atomic E-state index is 0.127. The van der Waals surface area contributed by atoms with E-state index in [0.717, 1.165) is 22.0 Å². The fourth-order valence-corrected chi connectivity index (χ4v) is 3.51. The van der Waals surface area contributed by atoms with Gasteiger partial charge in [0.05, 0.1) is 5.75 Å². The van der Waals surface area contributed by atoms with Gasteiger partial charge in [-0.1, -0.05) is 29.8 Å². The molecule has 0 radical (unpaired) electrons. The van der Waals surface area contributed by atoms with Crippen molar-refractivity contribution in [2.24, 2.45) is 0 Å². The van der Waals surface area contributed by atoms with Gasteiger partial charge in [0, 0.05) is 23.5 Å². The van der Waals surface area contributed by atoms with E-state index in [1.54, 1.807) is 11.8 Å². The van der Waals surface area contributed by atoms with Crippen molar-refractivity contribution in [3.8, 4) is 11.5 Å². The van der Waals surface area contributed by atoms with Crippen LogP contribution in [0.2, 0.25) is 0 Å². The molecular formula is C20H23NO3S. The number of ether oxygens (including phenoxy) is 2. The number of fused-ring (bicyclic) bond motifs is 1. The number of aryl methyl sites for hydroxylation is 1. The molecule has 1 aliphatic rings. The summed E-state index contributed by atoms with van der Waals surface area (Å²) < 4.78 is 11.4. The number of rotatable bonds is 6. The minimum Gasteiger partial charge on any atom is -0.486 e. The molecule has 4 nitrogen and oxygen atoms in total. The van der Waals surface area contributed by atoms with Gasteiger partial charge in [-0.05, 0) is 32.0 Å². The second-order valence-electron chi connectivity index (χ2n) is 5.95. The predicted octanol–water partition coefficient (Wildman–Crippen LogP) is 3.91. The molecule has 0 bridgehead atoms. The van der Waals surface area contributed by atoms with Crippen LogP contribution in [0, 0.1) is 6.92 Å². The average molecular weight is 357 g/mol. The van der Waals surface area contributed by atoms with Crippen LogP contribution in [-0.2, 0) is 11.3 Å². The molecule has 2 aromatic carbocycles. The first-order valence-corrected chi connectivity index (χ1v) is 9.50. The van der Waals surface area contributed by atoms with E-state index in [2.05, 4.69) is 31.2 Å². The maximum atomic E-state index is 12.6. The highest BCUT2D eigenvalue weighted by molar-refractivity contribution is 8.00. The standard InChI is InChI=1S/C20H23NO3S/c1-3-21(19(22)14-25-17-9-7-15(2)8-10-17)13-16-5-4-6-18-20(16)24-12-11-23-18/h4-10H,3,11-14H2,1-2H3. The van der Waals surface area contributed by atoms with Crippen LogP contribution in [0.25, 0.3) is 0 Å². The zero-order chi connectivity index (χ0) is 17.6. The summed E-state index contributed by atoms with van der Waals surface area (Å²) in [5.74, 6) is 2.10. The molecular weight excluding hydrogens is 334 g/mol. The van der Waals surface area contributed by atoms with Crippen molar-refractivity contribution in [1.29, 1.82) is 0 Å². The van der Waals surface area contributed by atoms with Crippen LogP contribution in [-0.4, -0.2) is 36.3 Å². The molecule has 0 atom stereocenters. The molecule has 0 saturated carbocycles. The summed E-state index contributed by atoms with van der Waals surface area (Å²) in [6.07, 6.45) is 0. The van der Waals surface area contributed by atoms with E-state index in [1.807, 2.05) is 30.0 Å². The molecule has 0 spiro atoms. The predicted molar refractivity (Wildman–Crippen MR) is 100 cm³/mol. The van der Waals surface area contributed by atoms with Crippen LogP contribution in [0.5, 0.6) is 11.5 Å². The lowest BCUT2D eigenvalue weighted by Crippen LogP contribution is -2.32. The van der Waals surface area contributed by atoms with E-state index in [-0.39, 0.29) is 5.91 Å². The van der Waals surface area contributed by atoms with Crippen molar-refractivity contribution in [1.82, 2.24) is 4.90 Å². The third kappa shape index (κ3) is 4.48. The lowest BCUT2D eigenvalue weighted by molar-refractivity contribution is -0.128. The van der Waals surface area contributed by atoms with Crippen molar-refractivity contribution in [2.45, 2.75) is 25.3 Å². The van der Waals surface area contributed by atoms with Gasteiger partial charge in [-0.15, -0.1) is 11.8 Å². The number of hydrogen-bond acceptors (Lipinski definition) is 4. The van der Waals surface area contributed by atoms with Gasteiger partial charge in [-0.3, -0.25) is 4.79 Å². The van der Waals surface area contributed by atoms with Gasteiger partial charge >= 0.3 is 0 Å². The van der Waals surface area contributed by atoms with Crippen LogP contribution in [0.3, 0.4) is 0 Å². The lowest BCUT2D eigenvalue weighted by Gasteiger charge is -2.25.